The van der Waals surface area contributed by atoms with E-state index in [1.54, 1.807) is 10.9 Å². The molecule has 2 N–H and O–H groups in total. The van der Waals surface area contributed by atoms with Gasteiger partial charge in [-0.2, -0.15) is 5.10 Å². The molecule has 1 aliphatic rings. The number of nitrogens with zero attached hydrogens (tertiary/aromatic N) is 3. The minimum absolute atomic E-state index is 0.0945. The number of rotatable bonds is 1. The van der Waals surface area contributed by atoms with E-state index in [0.717, 1.165) is 35.3 Å². The number of benzene rings is 1. The van der Waals surface area contributed by atoms with Crippen LogP contribution in [0.5, 0.6) is 0 Å². The zero-order valence-corrected chi connectivity index (χ0v) is 13.3. The van der Waals surface area contributed by atoms with Gasteiger partial charge in [-0.15, -0.1) is 0 Å². The molecule has 0 unspecified atom stereocenters. The van der Waals surface area contributed by atoms with Crippen LogP contribution in [-0.4, -0.2) is 20.5 Å². The van der Waals surface area contributed by atoms with E-state index in [1.165, 1.54) is 11.1 Å². The fourth-order valence-electron chi connectivity index (χ4n) is 3.19. The molecule has 2 heterocycles. The lowest BCUT2D eigenvalue weighted by Crippen LogP contribution is -2.16. The second-order valence-electron chi connectivity index (χ2n) is 6.19. The normalized spacial score (nSPS) is 14.3. The molecule has 0 saturated heterocycles. The Morgan fingerprint density at radius 1 is 1.17 bits per heavy atom. The largest absolute Gasteiger partial charge is 0.397 e. The highest BCUT2D eigenvalue weighted by Gasteiger charge is 2.24. The van der Waals surface area contributed by atoms with Gasteiger partial charge in [-0.1, -0.05) is 6.07 Å². The first-order chi connectivity index (χ1) is 11.1. The van der Waals surface area contributed by atoms with Crippen molar-refractivity contribution in [1.82, 2.24) is 14.8 Å². The van der Waals surface area contributed by atoms with E-state index in [2.05, 4.69) is 31.1 Å². The van der Waals surface area contributed by atoms with Crippen molar-refractivity contribution >= 4 is 22.5 Å². The highest BCUT2D eigenvalue weighted by molar-refractivity contribution is 6.08. The Balaban J connectivity index is 1.98. The number of aryl methyl sites for hydroxylation is 3. The van der Waals surface area contributed by atoms with Crippen molar-refractivity contribution in [1.29, 1.82) is 0 Å². The topological polar surface area (TPSA) is 73.8 Å². The molecule has 0 fully saturated rings. The monoisotopic (exact) mass is 306 g/mol. The molecule has 23 heavy (non-hydrogen) atoms. The lowest BCUT2D eigenvalue weighted by molar-refractivity contribution is 0.0972. The first-order valence-electron chi connectivity index (χ1n) is 7.83. The number of ketones is 1. The van der Waals surface area contributed by atoms with Gasteiger partial charge in [0.25, 0.3) is 0 Å². The van der Waals surface area contributed by atoms with Crippen LogP contribution in [-0.2, 0) is 6.42 Å². The van der Waals surface area contributed by atoms with E-state index in [0.29, 0.717) is 17.7 Å². The molecule has 0 bridgehead atoms. The summed E-state index contributed by atoms with van der Waals surface area (Å²) in [5.74, 6) is 0.0945. The Kier molecular flexibility index (Phi) is 2.98. The molecule has 5 heteroatoms. The van der Waals surface area contributed by atoms with Crippen LogP contribution in [0, 0.1) is 13.8 Å². The van der Waals surface area contributed by atoms with Gasteiger partial charge in [0.05, 0.1) is 34.2 Å². The van der Waals surface area contributed by atoms with Gasteiger partial charge in [-0.3, -0.25) is 4.79 Å². The van der Waals surface area contributed by atoms with Crippen LogP contribution in [0.3, 0.4) is 0 Å². The number of hydrogen-bond acceptors (Lipinski definition) is 4. The number of carbonyl (C=O) groups excluding carboxylic acids is 1. The third kappa shape index (κ3) is 2.04. The third-order valence-corrected chi connectivity index (χ3v) is 4.66. The summed E-state index contributed by atoms with van der Waals surface area (Å²) in [5, 5.41) is 5.20. The van der Waals surface area contributed by atoms with E-state index in [-0.39, 0.29) is 5.78 Å². The molecule has 0 aliphatic heterocycles. The quantitative estimate of drug-likeness (QED) is 0.749. The molecule has 0 radical (unpaired) electrons. The highest BCUT2D eigenvalue weighted by atomic mass is 16.1. The van der Waals surface area contributed by atoms with Gasteiger partial charge in [-0.25, -0.2) is 9.67 Å². The molecule has 5 nitrogen and oxygen atoms in total. The second kappa shape index (κ2) is 4.91. The molecule has 0 amide bonds. The van der Waals surface area contributed by atoms with Gasteiger partial charge in [0.2, 0.25) is 0 Å². The summed E-state index contributed by atoms with van der Waals surface area (Å²) in [5.41, 5.74) is 12.3. The molecular formula is C18H18N4O. The molecule has 4 rings (SSSR count). The summed E-state index contributed by atoms with van der Waals surface area (Å²) in [6.07, 6.45) is 3.88. The predicted octanol–water partition coefficient (Wildman–Crippen LogP) is 3.14. The van der Waals surface area contributed by atoms with Crippen LogP contribution < -0.4 is 5.73 Å². The van der Waals surface area contributed by atoms with Crippen LogP contribution in [0.2, 0.25) is 0 Å². The average Bonchev–Trinajstić information content (AvgIpc) is 2.94. The lowest BCUT2D eigenvalue weighted by atomic mass is 9.93. The fourth-order valence-corrected chi connectivity index (χ4v) is 3.19. The van der Waals surface area contributed by atoms with Crippen molar-refractivity contribution in [2.24, 2.45) is 0 Å². The summed E-state index contributed by atoms with van der Waals surface area (Å²) in [6, 6.07) is 6.19. The second-order valence-corrected chi connectivity index (χ2v) is 6.19. The Morgan fingerprint density at radius 3 is 2.78 bits per heavy atom. The molecule has 1 aliphatic carbocycles. The van der Waals surface area contributed by atoms with Crippen molar-refractivity contribution < 1.29 is 4.79 Å². The minimum Gasteiger partial charge on any atom is -0.397 e. The van der Waals surface area contributed by atoms with Crippen LogP contribution >= 0.6 is 0 Å². The Labute approximate surface area is 134 Å². The summed E-state index contributed by atoms with van der Waals surface area (Å²) >= 11 is 0. The number of fused-ring (bicyclic) bond motifs is 2. The summed E-state index contributed by atoms with van der Waals surface area (Å²) < 4.78 is 1.80. The van der Waals surface area contributed by atoms with Gasteiger partial charge in [0, 0.05) is 6.42 Å². The van der Waals surface area contributed by atoms with Crippen molar-refractivity contribution in [3.63, 3.8) is 0 Å². The summed E-state index contributed by atoms with van der Waals surface area (Å²) in [6.45, 7) is 4.16. The van der Waals surface area contributed by atoms with Gasteiger partial charge < -0.3 is 5.73 Å². The van der Waals surface area contributed by atoms with Gasteiger partial charge >= 0.3 is 0 Å². The van der Waals surface area contributed by atoms with Crippen molar-refractivity contribution in [2.45, 2.75) is 33.1 Å². The van der Waals surface area contributed by atoms with E-state index < -0.39 is 0 Å². The minimum atomic E-state index is 0.0945. The molecule has 116 valence electrons. The van der Waals surface area contributed by atoms with Gasteiger partial charge in [0.1, 0.15) is 0 Å². The van der Waals surface area contributed by atoms with E-state index in [4.69, 9.17) is 10.7 Å². The van der Waals surface area contributed by atoms with Crippen molar-refractivity contribution in [3.8, 4) is 5.69 Å². The molecule has 0 saturated carbocycles. The number of carbonyl (C=O) groups is 1. The first-order valence-corrected chi connectivity index (χ1v) is 7.83. The van der Waals surface area contributed by atoms with Crippen LogP contribution in [0.4, 0.5) is 5.69 Å². The predicted molar refractivity (Wildman–Crippen MR) is 90.0 cm³/mol. The number of nitrogens with two attached hydrogens (primary N) is 1. The summed E-state index contributed by atoms with van der Waals surface area (Å²) in [7, 11) is 0. The molecule has 0 spiro atoms. The van der Waals surface area contributed by atoms with Crippen molar-refractivity contribution in [3.05, 3.63) is 46.8 Å². The Hall–Kier alpha value is -2.69. The van der Waals surface area contributed by atoms with E-state index in [1.807, 2.05) is 6.07 Å². The number of pyridine rings is 1. The van der Waals surface area contributed by atoms with Gasteiger partial charge in [0.15, 0.2) is 11.4 Å². The summed E-state index contributed by atoms with van der Waals surface area (Å²) in [4.78, 5) is 16.9. The van der Waals surface area contributed by atoms with E-state index in [9.17, 15) is 4.79 Å². The third-order valence-electron chi connectivity index (χ3n) is 4.66. The maximum absolute atomic E-state index is 12.2. The highest BCUT2D eigenvalue weighted by Crippen LogP contribution is 2.32. The molecule has 2 aromatic heterocycles. The lowest BCUT2D eigenvalue weighted by Gasteiger charge is -2.16. The number of anilines is 1. The first kappa shape index (κ1) is 13.9. The maximum atomic E-state index is 12.2. The smallest absolute Gasteiger partial charge is 0.166 e. The molecule has 0 atom stereocenters. The molecular weight excluding hydrogens is 288 g/mol. The standard InChI is InChI=1S/C18H18N4O/c1-10-6-7-12(8-11(10)2)22-18-13(9-20-22)17(19)16-14(21-18)4-3-5-15(16)23/h6-9H,3-5H2,1-2H3,(H2,19,21). The zero-order valence-electron chi connectivity index (χ0n) is 13.3. The average molecular weight is 306 g/mol. The zero-order chi connectivity index (χ0) is 16.1. The van der Waals surface area contributed by atoms with Gasteiger partial charge in [-0.05, 0) is 49.9 Å². The number of nitrogen functional groups attached to an aromatic ring is 1. The van der Waals surface area contributed by atoms with Crippen LogP contribution in [0.15, 0.2) is 24.4 Å². The van der Waals surface area contributed by atoms with Crippen molar-refractivity contribution in [2.75, 3.05) is 5.73 Å². The number of hydrogen-bond donors (Lipinski definition) is 1. The number of aromatic nitrogens is 3. The van der Waals surface area contributed by atoms with Crippen LogP contribution in [0.1, 0.15) is 40.0 Å². The van der Waals surface area contributed by atoms with Crippen LogP contribution in [0.25, 0.3) is 16.7 Å². The molecule has 3 aromatic rings. The maximum Gasteiger partial charge on any atom is 0.166 e. The molecule has 1 aromatic carbocycles. The Morgan fingerprint density at radius 2 is 2.00 bits per heavy atom. The number of Topliss-reactive ketones (excluding diaryl/α,β-unsaturated/α-hetero) is 1. The SMILES string of the molecule is Cc1ccc(-n2ncc3c(N)c4c(nc32)CCCC4=O)cc1C. The van der Waals surface area contributed by atoms with E-state index >= 15 is 0 Å². The fraction of sp³-hybridized carbons (Fsp3) is 0.278. The Bertz CT molecular complexity index is 955.